The molecule has 12 heteroatoms. The maximum Gasteiger partial charge on any atom is 0.326 e. The Hall–Kier alpha value is -3.93. The van der Waals surface area contributed by atoms with E-state index >= 15 is 0 Å². The van der Waals surface area contributed by atoms with E-state index in [-0.39, 0.29) is 12.3 Å². The van der Waals surface area contributed by atoms with Crippen LogP contribution in [0.15, 0.2) is 30.5 Å². The minimum atomic E-state index is -1.39. The summed E-state index contributed by atoms with van der Waals surface area (Å²) >= 11 is 0. The Balaban J connectivity index is 2.30. The highest BCUT2D eigenvalue weighted by molar-refractivity contribution is 5.95. The third kappa shape index (κ3) is 8.04. The second kappa shape index (κ2) is 13.6. The van der Waals surface area contributed by atoms with Crippen LogP contribution in [0.4, 0.5) is 0 Å². The molecule has 208 valence electrons. The monoisotopic (exact) mass is 531 g/mol. The van der Waals surface area contributed by atoms with E-state index in [0.717, 1.165) is 10.9 Å². The first-order valence-corrected chi connectivity index (χ1v) is 12.5. The smallest absolute Gasteiger partial charge is 0.326 e. The number of rotatable bonds is 14. The number of nitrogens with one attached hydrogen (secondary N) is 4. The maximum atomic E-state index is 13.4. The predicted molar refractivity (Wildman–Crippen MR) is 140 cm³/mol. The quantitative estimate of drug-likeness (QED) is 0.185. The highest BCUT2D eigenvalue weighted by Gasteiger charge is 2.33. The van der Waals surface area contributed by atoms with Gasteiger partial charge in [-0.05, 0) is 23.5 Å². The van der Waals surface area contributed by atoms with Gasteiger partial charge in [0.2, 0.25) is 17.7 Å². The summed E-state index contributed by atoms with van der Waals surface area (Å²) in [5.41, 5.74) is 7.23. The van der Waals surface area contributed by atoms with Crippen LogP contribution in [-0.2, 0) is 30.4 Å². The van der Waals surface area contributed by atoms with Crippen molar-refractivity contribution in [3.8, 4) is 0 Å². The average molecular weight is 532 g/mol. The zero-order chi connectivity index (χ0) is 28.6. The highest BCUT2D eigenvalue weighted by Crippen LogP contribution is 2.19. The summed E-state index contributed by atoms with van der Waals surface area (Å²) < 4.78 is 0. The molecule has 0 radical (unpaired) electrons. The Morgan fingerprint density at radius 1 is 0.921 bits per heavy atom. The average Bonchev–Trinajstić information content (AvgIpc) is 3.26. The minimum Gasteiger partial charge on any atom is -0.481 e. The fourth-order valence-corrected chi connectivity index (χ4v) is 4.00. The van der Waals surface area contributed by atoms with Gasteiger partial charge in [-0.3, -0.25) is 19.2 Å². The lowest BCUT2D eigenvalue weighted by atomic mass is 9.97. The van der Waals surface area contributed by atoms with Crippen LogP contribution >= 0.6 is 0 Å². The third-order valence-corrected chi connectivity index (χ3v) is 6.49. The Morgan fingerprint density at radius 3 is 2.13 bits per heavy atom. The van der Waals surface area contributed by atoms with Crippen LogP contribution in [0.1, 0.15) is 46.1 Å². The topological polar surface area (TPSA) is 204 Å². The van der Waals surface area contributed by atoms with Crippen LogP contribution in [0.25, 0.3) is 10.9 Å². The number of hydrogen-bond donors (Lipinski definition) is 7. The van der Waals surface area contributed by atoms with E-state index in [1.165, 1.54) is 0 Å². The molecule has 0 saturated carbocycles. The van der Waals surface area contributed by atoms with Gasteiger partial charge in [0, 0.05) is 23.5 Å². The second-order valence-electron chi connectivity index (χ2n) is 9.77. The number of aromatic amines is 1. The zero-order valence-corrected chi connectivity index (χ0v) is 22.0. The number of fused-ring (bicyclic) bond motifs is 1. The van der Waals surface area contributed by atoms with Crippen molar-refractivity contribution in [3.63, 3.8) is 0 Å². The van der Waals surface area contributed by atoms with Crippen LogP contribution in [0.5, 0.6) is 0 Å². The van der Waals surface area contributed by atoms with Crippen molar-refractivity contribution in [1.82, 2.24) is 20.9 Å². The molecule has 8 N–H and O–H groups in total. The molecule has 0 aliphatic rings. The molecule has 5 atom stereocenters. The Labute approximate surface area is 220 Å². The van der Waals surface area contributed by atoms with Gasteiger partial charge in [-0.15, -0.1) is 0 Å². The molecule has 0 bridgehead atoms. The molecule has 2 aromatic rings. The number of nitrogens with two attached hydrogens (primary N) is 1. The van der Waals surface area contributed by atoms with E-state index in [1.807, 2.05) is 31.2 Å². The molecule has 12 nitrogen and oxygen atoms in total. The van der Waals surface area contributed by atoms with Gasteiger partial charge in [-0.1, -0.05) is 52.3 Å². The van der Waals surface area contributed by atoms with Crippen LogP contribution in [0.3, 0.4) is 0 Å². The Kier molecular flexibility index (Phi) is 10.8. The van der Waals surface area contributed by atoms with Gasteiger partial charge in [0.25, 0.3) is 0 Å². The number of benzene rings is 1. The van der Waals surface area contributed by atoms with Crippen molar-refractivity contribution in [3.05, 3.63) is 36.0 Å². The number of carboxylic acids is 2. The van der Waals surface area contributed by atoms with Gasteiger partial charge < -0.3 is 36.9 Å². The Morgan fingerprint density at radius 2 is 1.55 bits per heavy atom. The lowest BCUT2D eigenvalue weighted by molar-refractivity contribution is -0.144. The molecule has 2 rings (SSSR count). The number of aromatic nitrogens is 1. The molecule has 0 spiro atoms. The Bertz CT molecular complexity index is 1160. The van der Waals surface area contributed by atoms with E-state index in [1.54, 1.807) is 27.0 Å². The summed E-state index contributed by atoms with van der Waals surface area (Å²) in [6.45, 7) is 6.90. The summed E-state index contributed by atoms with van der Waals surface area (Å²) in [6.07, 6.45) is 1.62. The molecule has 0 aliphatic heterocycles. The van der Waals surface area contributed by atoms with Gasteiger partial charge in [-0.25, -0.2) is 4.79 Å². The first kappa shape index (κ1) is 30.3. The number of carboxylic acid groups (broad SMARTS) is 2. The summed E-state index contributed by atoms with van der Waals surface area (Å²) in [7, 11) is 0. The van der Waals surface area contributed by atoms with Crippen molar-refractivity contribution in [2.24, 2.45) is 17.6 Å². The van der Waals surface area contributed by atoms with E-state index in [9.17, 15) is 29.1 Å². The van der Waals surface area contributed by atoms with Gasteiger partial charge >= 0.3 is 11.9 Å². The van der Waals surface area contributed by atoms with Crippen molar-refractivity contribution < 1.29 is 34.2 Å². The first-order valence-electron chi connectivity index (χ1n) is 12.5. The summed E-state index contributed by atoms with van der Waals surface area (Å²) in [5, 5.41) is 27.0. The summed E-state index contributed by atoms with van der Waals surface area (Å²) in [6, 6.07) is 2.55. The van der Waals surface area contributed by atoms with Crippen molar-refractivity contribution in [2.45, 2.75) is 71.1 Å². The third-order valence-electron chi connectivity index (χ3n) is 6.49. The minimum absolute atomic E-state index is 0.0262. The first-order chi connectivity index (χ1) is 17.8. The van der Waals surface area contributed by atoms with Crippen molar-refractivity contribution in [1.29, 1.82) is 0 Å². The van der Waals surface area contributed by atoms with Gasteiger partial charge in [0.15, 0.2) is 0 Å². The number of hydrogen-bond acceptors (Lipinski definition) is 6. The number of carbonyl (C=O) groups is 5. The second-order valence-corrected chi connectivity index (χ2v) is 9.77. The largest absolute Gasteiger partial charge is 0.481 e. The van der Waals surface area contributed by atoms with Crippen LogP contribution < -0.4 is 21.7 Å². The fraction of sp³-hybridized carbons (Fsp3) is 0.500. The number of carbonyl (C=O) groups excluding carboxylic acids is 3. The molecule has 0 aliphatic carbocycles. The lowest BCUT2D eigenvalue weighted by Crippen LogP contribution is -2.59. The van der Waals surface area contributed by atoms with E-state index in [4.69, 9.17) is 10.8 Å². The standard InChI is InChI=1S/C26H37N5O7/c1-5-14(4)22(26(37)38)31-25(36)21(13(2)3)30-24(35)19(29-23(34)17(27)11-20(32)33)10-15-12-28-18-9-7-6-8-16(15)18/h6-9,12-14,17,19,21-22,28H,5,10-11,27H2,1-4H3,(H,29,34)(H,30,35)(H,31,36)(H,32,33)(H,37,38). The molecule has 38 heavy (non-hydrogen) atoms. The normalized spacial score (nSPS) is 15.2. The molecule has 0 saturated heterocycles. The fourth-order valence-electron chi connectivity index (χ4n) is 4.00. The molecule has 1 heterocycles. The lowest BCUT2D eigenvalue weighted by Gasteiger charge is -2.28. The molecule has 1 aromatic carbocycles. The number of aliphatic carboxylic acids is 2. The van der Waals surface area contributed by atoms with Crippen molar-refractivity contribution >= 4 is 40.6 Å². The number of para-hydroxylation sites is 1. The van der Waals surface area contributed by atoms with Crippen LogP contribution in [0.2, 0.25) is 0 Å². The molecule has 0 fully saturated rings. The van der Waals surface area contributed by atoms with E-state index in [2.05, 4.69) is 20.9 Å². The van der Waals surface area contributed by atoms with Gasteiger partial charge in [-0.2, -0.15) is 0 Å². The van der Waals surface area contributed by atoms with Gasteiger partial charge in [0.1, 0.15) is 18.1 Å². The molecule has 3 amide bonds. The maximum absolute atomic E-state index is 13.4. The summed E-state index contributed by atoms with van der Waals surface area (Å²) in [5.74, 6) is -5.40. The molecule has 1 aromatic heterocycles. The van der Waals surface area contributed by atoms with E-state index < -0.39 is 66.2 Å². The predicted octanol–water partition coefficient (Wildman–Crippen LogP) is 0.754. The molecular weight excluding hydrogens is 494 g/mol. The van der Waals surface area contributed by atoms with E-state index in [0.29, 0.717) is 12.0 Å². The zero-order valence-electron chi connectivity index (χ0n) is 22.0. The highest BCUT2D eigenvalue weighted by atomic mass is 16.4. The summed E-state index contributed by atoms with van der Waals surface area (Å²) in [4.78, 5) is 64.9. The van der Waals surface area contributed by atoms with Crippen molar-refractivity contribution in [2.75, 3.05) is 0 Å². The number of H-pyrrole nitrogens is 1. The molecule has 5 unspecified atom stereocenters. The van der Waals surface area contributed by atoms with Crippen LogP contribution in [0, 0.1) is 11.8 Å². The SMILES string of the molecule is CCC(C)C(NC(=O)C(NC(=O)C(Cc1c[nH]c2ccccc12)NC(=O)C(N)CC(=O)O)C(C)C)C(=O)O. The molecular formula is C26H37N5O7. The van der Waals surface area contributed by atoms with Gasteiger partial charge in [0.05, 0.1) is 12.5 Å². The van der Waals surface area contributed by atoms with Crippen LogP contribution in [-0.4, -0.2) is 69.0 Å². The number of amides is 3.